The summed E-state index contributed by atoms with van der Waals surface area (Å²) in [5.74, 6) is 1.53. The number of fused-ring (bicyclic) bond motifs is 2. The first-order chi connectivity index (χ1) is 13.7. The number of piperidine rings is 1. The summed E-state index contributed by atoms with van der Waals surface area (Å²) in [5, 5.41) is 1.34. The zero-order valence-electron chi connectivity index (χ0n) is 17.1. The highest BCUT2D eigenvalue weighted by Crippen LogP contribution is 2.38. The predicted molar refractivity (Wildman–Crippen MR) is 122 cm³/mol. The molecule has 2 saturated heterocycles. The van der Waals surface area contributed by atoms with E-state index >= 15 is 0 Å². The van der Waals surface area contributed by atoms with E-state index in [-0.39, 0.29) is 0 Å². The smallest absolute Gasteiger partial charge is 0.0708 e. The normalized spacial score (nSPS) is 25.4. The Kier molecular flexibility index (Phi) is 6.54. The lowest BCUT2D eigenvalue weighted by atomic mass is 9.97. The third kappa shape index (κ3) is 4.87. The van der Waals surface area contributed by atoms with Crippen molar-refractivity contribution in [3.8, 4) is 0 Å². The van der Waals surface area contributed by atoms with Crippen molar-refractivity contribution in [1.82, 2.24) is 4.90 Å². The van der Waals surface area contributed by atoms with Gasteiger partial charge in [0.05, 0.1) is 11.1 Å². The van der Waals surface area contributed by atoms with E-state index in [9.17, 15) is 0 Å². The fourth-order valence-corrected chi connectivity index (χ4v) is 5.73. The van der Waals surface area contributed by atoms with Crippen LogP contribution in [0.25, 0.3) is 0 Å². The van der Waals surface area contributed by atoms with Crippen LogP contribution in [0.3, 0.4) is 0 Å². The Morgan fingerprint density at radius 1 is 0.929 bits per heavy atom. The van der Waals surface area contributed by atoms with Gasteiger partial charge in [-0.1, -0.05) is 74.5 Å². The van der Waals surface area contributed by atoms with E-state index in [4.69, 9.17) is 4.99 Å². The molecule has 2 aliphatic heterocycles. The zero-order chi connectivity index (χ0) is 19.3. The SMILES string of the molecule is CC(C)C(=NC1C[C@H]2CC[C@@H](C1)N2Cc1ccccc1)SCc1ccccc1. The molecular weight excluding hydrogens is 360 g/mol. The van der Waals surface area contributed by atoms with E-state index in [0.29, 0.717) is 24.0 Å². The van der Waals surface area contributed by atoms with E-state index in [0.717, 1.165) is 12.3 Å². The van der Waals surface area contributed by atoms with Gasteiger partial charge >= 0.3 is 0 Å². The van der Waals surface area contributed by atoms with Crippen LogP contribution >= 0.6 is 11.8 Å². The second-order valence-corrected chi connectivity index (χ2v) is 9.56. The van der Waals surface area contributed by atoms with E-state index in [1.54, 1.807) is 0 Å². The van der Waals surface area contributed by atoms with Gasteiger partial charge in [0.25, 0.3) is 0 Å². The lowest BCUT2D eigenvalue weighted by Gasteiger charge is -2.38. The van der Waals surface area contributed by atoms with Gasteiger partial charge in [-0.15, -0.1) is 11.8 Å². The molecule has 148 valence electrons. The first-order valence-electron chi connectivity index (χ1n) is 10.7. The van der Waals surface area contributed by atoms with Crippen LogP contribution in [0, 0.1) is 5.92 Å². The van der Waals surface area contributed by atoms with Crippen molar-refractivity contribution >= 4 is 16.8 Å². The molecule has 0 spiro atoms. The van der Waals surface area contributed by atoms with Gasteiger partial charge in [0.15, 0.2) is 0 Å². The van der Waals surface area contributed by atoms with Crippen molar-refractivity contribution in [2.45, 2.75) is 70.0 Å². The maximum atomic E-state index is 5.29. The van der Waals surface area contributed by atoms with Gasteiger partial charge in [-0.2, -0.15) is 0 Å². The van der Waals surface area contributed by atoms with Crippen LogP contribution in [0.2, 0.25) is 0 Å². The van der Waals surface area contributed by atoms with Crippen LogP contribution < -0.4 is 0 Å². The van der Waals surface area contributed by atoms with Gasteiger partial charge < -0.3 is 0 Å². The lowest BCUT2D eigenvalue weighted by molar-refractivity contribution is 0.120. The van der Waals surface area contributed by atoms with Crippen molar-refractivity contribution in [2.24, 2.45) is 10.9 Å². The highest BCUT2D eigenvalue weighted by Gasteiger charge is 2.40. The summed E-state index contributed by atoms with van der Waals surface area (Å²) in [7, 11) is 0. The summed E-state index contributed by atoms with van der Waals surface area (Å²) in [6.45, 7) is 5.68. The maximum absolute atomic E-state index is 5.29. The summed E-state index contributed by atoms with van der Waals surface area (Å²) in [6, 6.07) is 23.7. The predicted octanol–water partition coefficient (Wildman–Crippen LogP) is 6.17. The van der Waals surface area contributed by atoms with Gasteiger partial charge in [0.2, 0.25) is 0 Å². The monoisotopic (exact) mass is 392 g/mol. The van der Waals surface area contributed by atoms with Crippen LogP contribution in [0.15, 0.2) is 65.7 Å². The summed E-state index contributed by atoms with van der Waals surface area (Å²) in [5.41, 5.74) is 2.83. The molecule has 2 heterocycles. The Labute approximate surface area is 174 Å². The molecule has 2 bridgehead atoms. The maximum Gasteiger partial charge on any atom is 0.0708 e. The van der Waals surface area contributed by atoms with E-state index in [1.165, 1.54) is 41.9 Å². The topological polar surface area (TPSA) is 15.6 Å². The summed E-state index contributed by atoms with van der Waals surface area (Å²) < 4.78 is 0. The largest absolute Gasteiger partial charge is 0.293 e. The van der Waals surface area contributed by atoms with Crippen molar-refractivity contribution in [2.75, 3.05) is 0 Å². The summed E-state index contributed by atoms with van der Waals surface area (Å²) in [4.78, 5) is 8.04. The number of rotatable bonds is 6. The lowest BCUT2D eigenvalue weighted by Crippen LogP contribution is -2.43. The Morgan fingerprint density at radius 2 is 1.50 bits per heavy atom. The molecule has 0 N–H and O–H groups in total. The number of nitrogens with zero attached hydrogens (tertiary/aromatic N) is 2. The van der Waals surface area contributed by atoms with Gasteiger partial charge in [0, 0.05) is 30.3 Å². The number of benzene rings is 2. The summed E-state index contributed by atoms with van der Waals surface area (Å²) >= 11 is 1.94. The second-order valence-electron chi connectivity index (χ2n) is 8.56. The molecule has 0 amide bonds. The molecule has 28 heavy (non-hydrogen) atoms. The van der Waals surface area contributed by atoms with Crippen LogP contribution in [-0.2, 0) is 12.3 Å². The van der Waals surface area contributed by atoms with Crippen LogP contribution in [-0.4, -0.2) is 28.1 Å². The Balaban J connectivity index is 1.39. The third-order valence-corrected chi connectivity index (χ3v) is 7.45. The molecule has 2 nitrogen and oxygen atoms in total. The average Bonchev–Trinajstić information content (AvgIpc) is 2.95. The van der Waals surface area contributed by atoms with Crippen LogP contribution in [0.1, 0.15) is 50.7 Å². The molecule has 2 aromatic rings. The molecule has 2 aliphatic rings. The fourth-order valence-electron chi connectivity index (χ4n) is 4.67. The van der Waals surface area contributed by atoms with Crippen molar-refractivity contribution < 1.29 is 0 Å². The number of aliphatic imine (C=N–C) groups is 1. The number of hydrogen-bond acceptors (Lipinski definition) is 3. The highest BCUT2D eigenvalue weighted by molar-refractivity contribution is 8.13. The molecule has 2 fully saturated rings. The molecule has 4 rings (SSSR count). The van der Waals surface area contributed by atoms with Gasteiger partial charge in [0.1, 0.15) is 0 Å². The minimum absolute atomic E-state index is 0.505. The average molecular weight is 393 g/mol. The van der Waals surface area contributed by atoms with Crippen molar-refractivity contribution in [1.29, 1.82) is 0 Å². The molecule has 0 saturated carbocycles. The minimum Gasteiger partial charge on any atom is -0.293 e. The first-order valence-corrected chi connectivity index (χ1v) is 11.7. The van der Waals surface area contributed by atoms with E-state index < -0.39 is 0 Å². The fraction of sp³-hybridized carbons (Fsp3) is 0.480. The number of hydrogen-bond donors (Lipinski definition) is 0. The zero-order valence-corrected chi connectivity index (χ0v) is 17.9. The molecule has 0 aliphatic carbocycles. The molecular formula is C25H32N2S. The van der Waals surface area contributed by atoms with Crippen molar-refractivity contribution in [3.63, 3.8) is 0 Å². The molecule has 3 heteroatoms. The molecule has 2 aromatic carbocycles. The second kappa shape index (κ2) is 9.28. The Morgan fingerprint density at radius 3 is 2.07 bits per heavy atom. The quantitative estimate of drug-likeness (QED) is 0.431. The standard InChI is InChI=1S/C25H32N2S/c1-19(2)25(28-18-21-11-7-4-8-12-21)26-22-15-23-13-14-24(16-22)27(23)17-20-9-5-3-6-10-20/h3-12,19,22-24H,13-18H2,1-2H3/t22?,23-,24+. The summed E-state index contributed by atoms with van der Waals surface area (Å²) in [6.07, 6.45) is 5.15. The Hall–Kier alpha value is -1.58. The van der Waals surface area contributed by atoms with E-state index in [2.05, 4.69) is 79.4 Å². The molecule has 0 aromatic heterocycles. The Bertz CT molecular complexity index is 758. The van der Waals surface area contributed by atoms with Gasteiger partial charge in [-0.25, -0.2) is 0 Å². The number of thioether (sulfide) groups is 1. The first kappa shape index (κ1) is 19.7. The van der Waals surface area contributed by atoms with Gasteiger partial charge in [-0.05, 0) is 36.8 Å². The van der Waals surface area contributed by atoms with Crippen LogP contribution in [0.5, 0.6) is 0 Å². The van der Waals surface area contributed by atoms with Crippen LogP contribution in [0.4, 0.5) is 0 Å². The molecule has 1 unspecified atom stereocenters. The minimum atomic E-state index is 0.505. The highest BCUT2D eigenvalue weighted by atomic mass is 32.2. The van der Waals surface area contributed by atoms with E-state index in [1.807, 2.05) is 11.8 Å². The third-order valence-electron chi connectivity index (χ3n) is 6.10. The molecule has 3 atom stereocenters. The van der Waals surface area contributed by atoms with Crippen molar-refractivity contribution in [3.05, 3.63) is 71.8 Å². The molecule has 0 radical (unpaired) electrons. The van der Waals surface area contributed by atoms with Gasteiger partial charge in [-0.3, -0.25) is 9.89 Å².